The predicted octanol–water partition coefficient (Wildman–Crippen LogP) is 2.51. The van der Waals surface area contributed by atoms with Crippen molar-refractivity contribution < 1.29 is 14.4 Å². The van der Waals surface area contributed by atoms with Crippen molar-refractivity contribution in [3.8, 4) is 0 Å². The zero-order valence-electron chi connectivity index (χ0n) is 14.4. The molecule has 2 aliphatic rings. The first-order chi connectivity index (χ1) is 11.9. The van der Waals surface area contributed by atoms with Crippen LogP contribution in [0.15, 0.2) is 24.3 Å². The number of likely N-dealkylation sites (tertiary alicyclic amines) is 1. The molecule has 7 heteroatoms. The first-order valence-electron chi connectivity index (χ1n) is 8.56. The average molecular weight is 364 g/mol. The lowest BCUT2D eigenvalue weighted by Crippen LogP contribution is -2.51. The van der Waals surface area contributed by atoms with Gasteiger partial charge in [0.25, 0.3) is 5.91 Å². The molecule has 2 fully saturated rings. The van der Waals surface area contributed by atoms with E-state index in [1.165, 1.54) is 0 Å². The van der Waals surface area contributed by atoms with Crippen LogP contribution in [0.2, 0.25) is 5.02 Å². The minimum Gasteiger partial charge on any atom is -0.341 e. The minimum absolute atomic E-state index is 0.188. The van der Waals surface area contributed by atoms with E-state index in [2.05, 4.69) is 5.32 Å². The molecule has 6 nitrogen and oxygen atoms in total. The first kappa shape index (κ1) is 17.7. The van der Waals surface area contributed by atoms with Crippen LogP contribution in [0, 0.1) is 0 Å². The summed E-state index contributed by atoms with van der Waals surface area (Å²) in [5.74, 6) is -0.643. The second-order valence-corrected chi connectivity index (χ2v) is 7.18. The molecule has 1 aromatic carbocycles. The van der Waals surface area contributed by atoms with Gasteiger partial charge in [-0.1, -0.05) is 29.8 Å². The maximum Gasteiger partial charge on any atom is 0.326 e. The molecule has 0 aliphatic carbocycles. The van der Waals surface area contributed by atoms with Crippen LogP contribution in [0.5, 0.6) is 0 Å². The fourth-order valence-electron chi connectivity index (χ4n) is 3.55. The van der Waals surface area contributed by atoms with E-state index in [1.807, 2.05) is 0 Å². The van der Waals surface area contributed by atoms with E-state index in [1.54, 1.807) is 43.0 Å². The molecule has 2 heterocycles. The highest BCUT2D eigenvalue weighted by Crippen LogP contribution is 2.34. The van der Waals surface area contributed by atoms with Crippen LogP contribution in [-0.2, 0) is 15.1 Å². The topological polar surface area (TPSA) is 69.7 Å². The van der Waals surface area contributed by atoms with Gasteiger partial charge in [-0.2, -0.15) is 0 Å². The molecule has 25 heavy (non-hydrogen) atoms. The lowest BCUT2D eigenvalue weighted by atomic mass is 9.91. The number of piperidine rings is 1. The number of nitrogens with one attached hydrogen (secondary N) is 1. The van der Waals surface area contributed by atoms with Crippen molar-refractivity contribution in [2.75, 3.05) is 13.1 Å². The third-order valence-electron chi connectivity index (χ3n) is 5.05. The molecule has 4 amide bonds. The zero-order chi connectivity index (χ0) is 18.2. The number of halogens is 1. The second kappa shape index (κ2) is 6.67. The summed E-state index contributed by atoms with van der Waals surface area (Å²) in [5, 5.41) is 3.11. The van der Waals surface area contributed by atoms with Crippen molar-refractivity contribution in [3.05, 3.63) is 34.9 Å². The van der Waals surface area contributed by atoms with Crippen LogP contribution in [0.25, 0.3) is 0 Å². The maximum atomic E-state index is 13.0. The monoisotopic (exact) mass is 363 g/mol. The summed E-state index contributed by atoms with van der Waals surface area (Å²) in [4.78, 5) is 41.0. The molecule has 0 spiro atoms. The molecular formula is C18H22ClN3O3. The molecule has 2 saturated heterocycles. The van der Waals surface area contributed by atoms with Gasteiger partial charge in [0.2, 0.25) is 5.91 Å². The largest absolute Gasteiger partial charge is 0.341 e. The molecule has 2 atom stereocenters. The summed E-state index contributed by atoms with van der Waals surface area (Å²) >= 11 is 6.22. The Bertz CT molecular complexity index is 717. The van der Waals surface area contributed by atoms with Crippen molar-refractivity contribution in [2.24, 2.45) is 0 Å². The third kappa shape index (κ3) is 2.99. The summed E-state index contributed by atoms with van der Waals surface area (Å²) in [7, 11) is 0. The lowest BCUT2D eigenvalue weighted by molar-refractivity contribution is -0.143. The quantitative estimate of drug-likeness (QED) is 0.839. The average Bonchev–Trinajstić information content (AvgIpc) is 2.84. The number of hydrogen-bond acceptors (Lipinski definition) is 3. The minimum atomic E-state index is -1.27. The smallest absolute Gasteiger partial charge is 0.326 e. The molecule has 1 N–H and O–H groups in total. The fourth-order valence-corrected chi connectivity index (χ4v) is 3.88. The molecule has 3 rings (SSSR count). The number of nitrogens with zero attached hydrogens (tertiary/aromatic N) is 2. The SMILES string of the molecule is C[C@@H](C(=O)N1CCCCC1)N1C(=O)N[C@@](C)(c2ccccc2Cl)C1=O. The van der Waals surface area contributed by atoms with Gasteiger partial charge in [0.05, 0.1) is 0 Å². The number of carbonyl (C=O) groups excluding carboxylic acids is 3. The van der Waals surface area contributed by atoms with E-state index in [9.17, 15) is 14.4 Å². The molecule has 0 unspecified atom stereocenters. The van der Waals surface area contributed by atoms with Crippen molar-refractivity contribution >= 4 is 29.4 Å². The van der Waals surface area contributed by atoms with E-state index in [4.69, 9.17) is 11.6 Å². The molecule has 0 aromatic heterocycles. The van der Waals surface area contributed by atoms with Crippen LogP contribution >= 0.6 is 11.6 Å². The van der Waals surface area contributed by atoms with E-state index >= 15 is 0 Å². The van der Waals surface area contributed by atoms with Crippen LogP contribution in [-0.4, -0.2) is 46.8 Å². The van der Waals surface area contributed by atoms with Gasteiger partial charge in [-0.3, -0.25) is 9.59 Å². The van der Waals surface area contributed by atoms with Gasteiger partial charge in [0.15, 0.2) is 0 Å². The Hall–Kier alpha value is -2.08. The lowest BCUT2D eigenvalue weighted by Gasteiger charge is -2.32. The number of rotatable bonds is 3. The number of urea groups is 1. The van der Waals surface area contributed by atoms with Crippen molar-refractivity contribution in [2.45, 2.75) is 44.7 Å². The molecule has 0 bridgehead atoms. The predicted molar refractivity (Wildman–Crippen MR) is 94.1 cm³/mol. The summed E-state index contributed by atoms with van der Waals surface area (Å²) in [6.07, 6.45) is 3.01. The van der Waals surface area contributed by atoms with Gasteiger partial charge in [-0.25, -0.2) is 9.69 Å². The number of imide groups is 1. The molecule has 134 valence electrons. The number of benzene rings is 1. The van der Waals surface area contributed by atoms with E-state index in [0.29, 0.717) is 23.7 Å². The Labute approximate surface area is 152 Å². The van der Waals surface area contributed by atoms with Gasteiger partial charge in [0, 0.05) is 23.7 Å². The third-order valence-corrected chi connectivity index (χ3v) is 5.38. The van der Waals surface area contributed by atoms with Gasteiger partial charge >= 0.3 is 6.03 Å². The molecule has 0 radical (unpaired) electrons. The van der Waals surface area contributed by atoms with Gasteiger partial charge < -0.3 is 10.2 Å². The number of carbonyl (C=O) groups is 3. The standard InChI is InChI=1S/C18H22ClN3O3/c1-12(15(23)21-10-6-3-7-11-21)22-16(24)18(2,20-17(22)25)13-8-4-5-9-14(13)19/h4-5,8-9,12H,3,6-7,10-11H2,1-2H3,(H,20,25)/t12-,18-/m0/s1. The van der Waals surface area contributed by atoms with Gasteiger partial charge in [-0.05, 0) is 39.2 Å². The Morgan fingerprint density at radius 3 is 2.48 bits per heavy atom. The van der Waals surface area contributed by atoms with Crippen LogP contribution in [0.4, 0.5) is 4.79 Å². The zero-order valence-corrected chi connectivity index (χ0v) is 15.2. The van der Waals surface area contributed by atoms with Crippen LogP contribution < -0.4 is 5.32 Å². The van der Waals surface area contributed by atoms with Gasteiger partial charge in [0.1, 0.15) is 11.6 Å². The van der Waals surface area contributed by atoms with Crippen LogP contribution in [0.1, 0.15) is 38.7 Å². The first-order valence-corrected chi connectivity index (χ1v) is 8.93. The Morgan fingerprint density at radius 2 is 1.84 bits per heavy atom. The Kier molecular flexibility index (Phi) is 4.73. The highest BCUT2D eigenvalue weighted by molar-refractivity contribution is 6.32. The fraction of sp³-hybridized carbons (Fsp3) is 0.500. The summed E-state index contributed by atoms with van der Waals surface area (Å²) in [6.45, 7) is 4.57. The van der Waals surface area contributed by atoms with E-state index in [-0.39, 0.29) is 5.91 Å². The Morgan fingerprint density at radius 1 is 1.20 bits per heavy atom. The van der Waals surface area contributed by atoms with E-state index < -0.39 is 23.5 Å². The summed E-state index contributed by atoms with van der Waals surface area (Å²) in [5.41, 5.74) is -0.749. The Balaban J connectivity index is 1.86. The van der Waals surface area contributed by atoms with E-state index in [0.717, 1.165) is 24.2 Å². The number of amides is 4. The maximum absolute atomic E-state index is 13.0. The highest BCUT2D eigenvalue weighted by atomic mass is 35.5. The highest BCUT2D eigenvalue weighted by Gasteiger charge is 2.52. The normalized spacial score (nSPS) is 25.1. The molecular weight excluding hydrogens is 342 g/mol. The number of hydrogen-bond donors (Lipinski definition) is 1. The van der Waals surface area contributed by atoms with Crippen molar-refractivity contribution in [3.63, 3.8) is 0 Å². The van der Waals surface area contributed by atoms with Gasteiger partial charge in [-0.15, -0.1) is 0 Å². The van der Waals surface area contributed by atoms with Crippen LogP contribution in [0.3, 0.4) is 0 Å². The molecule has 0 saturated carbocycles. The van der Waals surface area contributed by atoms with Crippen molar-refractivity contribution in [1.29, 1.82) is 0 Å². The molecule has 2 aliphatic heterocycles. The molecule has 1 aromatic rings. The second-order valence-electron chi connectivity index (χ2n) is 6.77. The summed E-state index contributed by atoms with van der Waals surface area (Å²) < 4.78 is 0. The summed E-state index contributed by atoms with van der Waals surface area (Å²) in [6, 6.07) is 5.50. The van der Waals surface area contributed by atoms with Crippen molar-refractivity contribution in [1.82, 2.24) is 15.1 Å².